The Morgan fingerprint density at radius 1 is 1.53 bits per heavy atom. The van der Waals surface area contributed by atoms with Crippen LogP contribution in [0, 0.1) is 0 Å². The monoisotopic (exact) mass is 309 g/mol. The lowest BCUT2D eigenvalue weighted by atomic mass is 10.1. The van der Waals surface area contributed by atoms with Crippen molar-refractivity contribution in [3.8, 4) is 0 Å². The first-order chi connectivity index (χ1) is 7.86. The van der Waals surface area contributed by atoms with Crippen molar-refractivity contribution >= 4 is 21.6 Å². The second kappa shape index (κ2) is 3.86. The second-order valence-electron chi connectivity index (χ2n) is 3.39. The average Bonchev–Trinajstić information content (AvgIpc) is 2.59. The number of fused-ring (bicyclic) bond motifs is 1. The highest BCUT2D eigenvalue weighted by Gasteiger charge is 2.36. The minimum Gasteiger partial charge on any atom is -0.287 e. The van der Waals surface area contributed by atoms with Gasteiger partial charge in [0.15, 0.2) is 0 Å². The highest BCUT2D eigenvalue weighted by Crippen LogP contribution is 2.29. The number of nitrogens with one attached hydrogen (secondary N) is 1. The fourth-order valence-electron chi connectivity index (χ4n) is 1.60. The zero-order chi connectivity index (χ0) is 12.8. The molecule has 0 radical (unpaired) electrons. The minimum atomic E-state index is -4.59. The van der Waals surface area contributed by atoms with Crippen LogP contribution in [-0.4, -0.2) is 14.6 Å². The third-order valence-corrected chi connectivity index (χ3v) is 2.92. The van der Waals surface area contributed by atoms with Crippen molar-refractivity contribution in [1.82, 2.24) is 14.6 Å². The molecule has 0 unspecified atom stereocenters. The molecule has 17 heavy (non-hydrogen) atoms. The molecule has 0 aromatic carbocycles. The van der Waals surface area contributed by atoms with Crippen molar-refractivity contribution in [2.24, 2.45) is 0 Å². The molecule has 0 aliphatic rings. The van der Waals surface area contributed by atoms with Gasteiger partial charge in [-0.15, -0.1) is 0 Å². The molecule has 1 N–H and O–H groups in total. The summed E-state index contributed by atoms with van der Waals surface area (Å²) in [5.41, 5.74) is -2.09. The summed E-state index contributed by atoms with van der Waals surface area (Å²) in [5, 5.41) is 2.16. The van der Waals surface area contributed by atoms with E-state index in [9.17, 15) is 18.0 Å². The van der Waals surface area contributed by atoms with Crippen LogP contribution < -0.4 is 5.43 Å². The fraction of sp³-hybridized carbons (Fsp3) is 0.333. The van der Waals surface area contributed by atoms with Gasteiger partial charge in [0.2, 0.25) is 11.1 Å². The standard InChI is InChI=1S/C9H7BrF3N3O/c1-2-4-6(17)8-14-3-5(10)16(8)15-7(4)9(11,12)13/h3,15H,2H2,1H3. The Kier molecular flexibility index (Phi) is 2.76. The van der Waals surface area contributed by atoms with Crippen LogP contribution in [0.4, 0.5) is 13.2 Å². The highest BCUT2D eigenvalue weighted by atomic mass is 79.9. The predicted octanol–water partition coefficient (Wildman–Crippen LogP) is 2.37. The predicted molar refractivity (Wildman–Crippen MR) is 57.9 cm³/mol. The fourth-order valence-corrected chi connectivity index (χ4v) is 1.96. The van der Waals surface area contributed by atoms with E-state index < -0.39 is 17.3 Å². The van der Waals surface area contributed by atoms with Gasteiger partial charge in [0.05, 0.1) is 6.20 Å². The van der Waals surface area contributed by atoms with E-state index >= 15 is 0 Å². The second-order valence-corrected chi connectivity index (χ2v) is 4.20. The van der Waals surface area contributed by atoms with E-state index in [4.69, 9.17) is 0 Å². The summed E-state index contributed by atoms with van der Waals surface area (Å²) in [6.07, 6.45) is -3.33. The van der Waals surface area contributed by atoms with Crippen molar-refractivity contribution in [3.63, 3.8) is 0 Å². The van der Waals surface area contributed by atoms with Crippen molar-refractivity contribution in [2.75, 3.05) is 0 Å². The number of aromatic nitrogens is 3. The topological polar surface area (TPSA) is 50.2 Å². The maximum absolute atomic E-state index is 12.8. The third kappa shape index (κ3) is 1.86. The first-order valence-corrected chi connectivity index (χ1v) is 5.51. The number of rotatable bonds is 1. The van der Waals surface area contributed by atoms with Crippen molar-refractivity contribution < 1.29 is 13.2 Å². The molecular weight excluding hydrogens is 303 g/mol. The number of halogens is 4. The summed E-state index contributed by atoms with van der Waals surface area (Å²) < 4.78 is 39.5. The molecule has 4 nitrogen and oxygen atoms in total. The van der Waals surface area contributed by atoms with E-state index in [1.54, 1.807) is 0 Å². The maximum Gasteiger partial charge on any atom is 0.433 e. The number of alkyl halides is 3. The van der Waals surface area contributed by atoms with Crippen LogP contribution >= 0.6 is 15.9 Å². The van der Waals surface area contributed by atoms with E-state index in [2.05, 4.69) is 26.0 Å². The number of aromatic amines is 1. The van der Waals surface area contributed by atoms with E-state index in [0.29, 0.717) is 0 Å². The number of H-pyrrole nitrogens is 1. The van der Waals surface area contributed by atoms with E-state index in [1.165, 1.54) is 13.1 Å². The molecule has 0 atom stereocenters. The van der Waals surface area contributed by atoms with Crippen molar-refractivity contribution in [2.45, 2.75) is 19.5 Å². The van der Waals surface area contributed by atoms with Gasteiger partial charge in [-0.2, -0.15) is 13.2 Å². The van der Waals surface area contributed by atoms with Gasteiger partial charge in [-0.1, -0.05) is 6.92 Å². The lowest BCUT2D eigenvalue weighted by Gasteiger charge is -2.11. The number of imidazole rings is 1. The zero-order valence-electron chi connectivity index (χ0n) is 8.60. The van der Waals surface area contributed by atoms with Crippen molar-refractivity contribution in [1.29, 1.82) is 0 Å². The van der Waals surface area contributed by atoms with Crippen LogP contribution in [0.15, 0.2) is 15.6 Å². The van der Waals surface area contributed by atoms with Gasteiger partial charge in [-0.3, -0.25) is 9.89 Å². The van der Waals surface area contributed by atoms with Crippen molar-refractivity contribution in [3.05, 3.63) is 32.3 Å². The summed E-state index contributed by atoms with van der Waals surface area (Å²) in [6.45, 7) is 1.49. The van der Waals surface area contributed by atoms with Crippen LogP contribution in [0.25, 0.3) is 5.65 Å². The molecule has 0 aliphatic carbocycles. The molecule has 0 saturated carbocycles. The molecule has 2 aromatic rings. The number of hydrogen-bond acceptors (Lipinski definition) is 2. The molecule has 0 spiro atoms. The van der Waals surface area contributed by atoms with Gasteiger partial charge >= 0.3 is 6.18 Å². The Morgan fingerprint density at radius 3 is 2.71 bits per heavy atom. The molecule has 2 heterocycles. The molecule has 92 valence electrons. The molecule has 2 rings (SSSR count). The number of hydrogen-bond donors (Lipinski definition) is 1. The highest BCUT2D eigenvalue weighted by molar-refractivity contribution is 9.10. The zero-order valence-corrected chi connectivity index (χ0v) is 10.2. The molecule has 2 aromatic heterocycles. The largest absolute Gasteiger partial charge is 0.433 e. The van der Waals surface area contributed by atoms with Crippen LogP contribution in [0.1, 0.15) is 18.2 Å². The maximum atomic E-state index is 12.8. The SMILES string of the molecule is CCc1c(C(F)(F)F)[nH]n2c(Br)cnc2c1=O. The first-order valence-electron chi connectivity index (χ1n) is 4.71. The Bertz CT molecular complexity index is 629. The van der Waals surface area contributed by atoms with Gasteiger partial charge < -0.3 is 0 Å². The lowest BCUT2D eigenvalue weighted by molar-refractivity contribution is -0.142. The van der Waals surface area contributed by atoms with Gasteiger partial charge in [-0.25, -0.2) is 9.50 Å². The van der Waals surface area contributed by atoms with Crippen LogP contribution in [0.5, 0.6) is 0 Å². The molecule has 0 amide bonds. The lowest BCUT2D eigenvalue weighted by Crippen LogP contribution is -2.23. The summed E-state index contributed by atoms with van der Waals surface area (Å²) in [7, 11) is 0. The van der Waals surface area contributed by atoms with Gasteiger partial charge in [-0.05, 0) is 22.4 Å². The van der Waals surface area contributed by atoms with Crippen LogP contribution in [0.3, 0.4) is 0 Å². The molecule has 8 heteroatoms. The van der Waals surface area contributed by atoms with E-state index in [0.717, 1.165) is 4.52 Å². The molecule has 0 saturated heterocycles. The third-order valence-electron chi connectivity index (χ3n) is 2.36. The summed E-state index contributed by atoms with van der Waals surface area (Å²) >= 11 is 3.01. The van der Waals surface area contributed by atoms with E-state index in [1.807, 2.05) is 0 Å². The average molecular weight is 310 g/mol. The smallest absolute Gasteiger partial charge is 0.287 e. The quantitative estimate of drug-likeness (QED) is 0.879. The Balaban J connectivity index is 2.92. The Hall–Kier alpha value is -1.31. The first kappa shape index (κ1) is 12.2. The molecule has 0 aliphatic heterocycles. The van der Waals surface area contributed by atoms with Crippen LogP contribution in [0.2, 0.25) is 0 Å². The van der Waals surface area contributed by atoms with Gasteiger partial charge in [0.25, 0.3) is 0 Å². The van der Waals surface area contributed by atoms with E-state index in [-0.39, 0.29) is 22.2 Å². The normalized spacial score (nSPS) is 12.3. The Morgan fingerprint density at radius 2 is 2.18 bits per heavy atom. The molecule has 0 bridgehead atoms. The Labute approximate surface area is 102 Å². The summed E-state index contributed by atoms with van der Waals surface area (Å²) in [6, 6.07) is 0. The number of nitrogens with zero attached hydrogens (tertiary/aromatic N) is 2. The molecule has 0 fully saturated rings. The summed E-state index contributed by atoms with van der Waals surface area (Å²) in [4.78, 5) is 15.6. The minimum absolute atomic E-state index is 0.00877. The van der Waals surface area contributed by atoms with Gasteiger partial charge in [0.1, 0.15) is 10.3 Å². The molecular formula is C9H7BrF3N3O. The van der Waals surface area contributed by atoms with Crippen LogP contribution in [-0.2, 0) is 12.6 Å². The van der Waals surface area contributed by atoms with Gasteiger partial charge in [0, 0.05) is 5.56 Å². The summed E-state index contributed by atoms with van der Waals surface area (Å²) in [5.74, 6) is 0.